The zero-order valence-corrected chi connectivity index (χ0v) is 21.2. The van der Waals surface area contributed by atoms with Crippen LogP contribution in [-0.2, 0) is 9.59 Å². The van der Waals surface area contributed by atoms with E-state index in [-0.39, 0.29) is 23.8 Å². The molecule has 1 aromatic carbocycles. The lowest BCUT2D eigenvalue weighted by Gasteiger charge is -2.32. The Morgan fingerprint density at radius 3 is 2.56 bits per heavy atom. The van der Waals surface area contributed by atoms with E-state index in [0.717, 1.165) is 47.7 Å². The first-order valence-electron chi connectivity index (χ1n) is 12.7. The van der Waals surface area contributed by atoms with E-state index in [2.05, 4.69) is 16.0 Å². The molecule has 2 amide bonds. The highest BCUT2D eigenvalue weighted by Crippen LogP contribution is 2.40. The number of ether oxygens (including phenoxy) is 3. The van der Waals surface area contributed by atoms with E-state index in [1.54, 1.807) is 14.0 Å². The van der Waals surface area contributed by atoms with E-state index in [9.17, 15) is 9.59 Å². The van der Waals surface area contributed by atoms with Crippen LogP contribution in [-0.4, -0.2) is 79.1 Å². The average Bonchev–Trinajstić information content (AvgIpc) is 3.36. The predicted molar refractivity (Wildman–Crippen MR) is 135 cm³/mol. The molecule has 1 aromatic heterocycles. The third-order valence-corrected chi connectivity index (χ3v) is 7.36. The zero-order valence-electron chi connectivity index (χ0n) is 21.2. The van der Waals surface area contributed by atoms with Gasteiger partial charge in [0.2, 0.25) is 17.7 Å². The van der Waals surface area contributed by atoms with E-state index in [1.807, 2.05) is 41.1 Å². The number of pyridine rings is 1. The van der Waals surface area contributed by atoms with Crippen LogP contribution in [0.4, 0.5) is 11.4 Å². The van der Waals surface area contributed by atoms with Gasteiger partial charge in [-0.05, 0) is 38.0 Å². The van der Waals surface area contributed by atoms with Gasteiger partial charge in [0.25, 0.3) is 0 Å². The van der Waals surface area contributed by atoms with Gasteiger partial charge in [-0.3, -0.25) is 9.59 Å². The van der Waals surface area contributed by atoms with Gasteiger partial charge in [0.1, 0.15) is 24.2 Å². The molecular weight excluding hydrogens is 460 g/mol. The van der Waals surface area contributed by atoms with Crippen molar-refractivity contribution < 1.29 is 23.8 Å². The van der Waals surface area contributed by atoms with Crippen molar-refractivity contribution in [2.75, 3.05) is 51.3 Å². The lowest BCUT2D eigenvalue weighted by Crippen LogP contribution is -2.43. The molecular formula is C27H34N4O5. The third kappa shape index (κ3) is 4.92. The Morgan fingerprint density at radius 2 is 1.83 bits per heavy atom. The van der Waals surface area contributed by atoms with Gasteiger partial charge >= 0.3 is 0 Å². The van der Waals surface area contributed by atoms with Crippen molar-refractivity contribution in [2.24, 2.45) is 5.92 Å². The number of benzene rings is 1. The number of carbonyl (C=O) groups excluding carboxylic acids is 2. The largest absolute Gasteiger partial charge is 0.490 e. The molecule has 9 heteroatoms. The number of likely N-dealkylation sites (tertiary alicyclic amines) is 2. The Labute approximate surface area is 211 Å². The van der Waals surface area contributed by atoms with Gasteiger partial charge in [-0.25, -0.2) is 4.98 Å². The molecule has 36 heavy (non-hydrogen) atoms. The summed E-state index contributed by atoms with van der Waals surface area (Å²) in [5, 5.41) is 0. The number of anilines is 2. The van der Waals surface area contributed by atoms with Crippen LogP contribution in [0.3, 0.4) is 0 Å². The minimum Gasteiger partial charge on any atom is -0.490 e. The molecule has 0 aliphatic carbocycles. The van der Waals surface area contributed by atoms with Gasteiger partial charge in [-0.2, -0.15) is 0 Å². The molecule has 2 saturated heterocycles. The van der Waals surface area contributed by atoms with E-state index in [1.165, 1.54) is 0 Å². The maximum atomic E-state index is 13.1. The number of aromatic nitrogens is 1. The molecule has 5 rings (SSSR count). The summed E-state index contributed by atoms with van der Waals surface area (Å²) in [5.74, 6) is 2.46. The predicted octanol–water partition coefficient (Wildman–Crippen LogP) is 3.17. The molecule has 0 bridgehead atoms. The fourth-order valence-corrected chi connectivity index (χ4v) is 5.36. The third-order valence-electron chi connectivity index (χ3n) is 7.36. The molecule has 1 atom stereocenters. The molecule has 3 aliphatic heterocycles. The van der Waals surface area contributed by atoms with Crippen molar-refractivity contribution in [1.29, 1.82) is 0 Å². The van der Waals surface area contributed by atoms with Crippen molar-refractivity contribution >= 4 is 23.2 Å². The van der Waals surface area contributed by atoms with Crippen LogP contribution < -0.4 is 19.1 Å². The summed E-state index contributed by atoms with van der Waals surface area (Å²) < 4.78 is 17.5. The second-order valence-corrected chi connectivity index (χ2v) is 9.74. The van der Waals surface area contributed by atoms with E-state index >= 15 is 0 Å². The van der Waals surface area contributed by atoms with Crippen LogP contribution in [0, 0.1) is 12.8 Å². The molecule has 2 fully saturated rings. The first kappa shape index (κ1) is 24.2. The van der Waals surface area contributed by atoms with Crippen LogP contribution in [0.25, 0.3) is 0 Å². The summed E-state index contributed by atoms with van der Waals surface area (Å²) in [6.07, 6.45) is 4.04. The first-order chi connectivity index (χ1) is 17.4. The Morgan fingerprint density at radius 1 is 1.06 bits per heavy atom. The zero-order chi connectivity index (χ0) is 25.2. The standard InChI is InChI=1S/C27H34N4O5/c1-18-14-21(16-28-26(18)34-3)31-12-13-35-25-5-4-22(15-24(25)31)36-23-8-11-30(17-23)27(33)20-6-9-29(10-7-20)19(2)32/h4-5,14-16,20,23H,6-13,17H2,1-3H3/t23-/m0/s1. The van der Waals surface area contributed by atoms with Crippen LogP contribution in [0.15, 0.2) is 30.5 Å². The van der Waals surface area contributed by atoms with Gasteiger partial charge in [0.15, 0.2) is 0 Å². The summed E-state index contributed by atoms with van der Waals surface area (Å²) in [5.41, 5.74) is 2.88. The van der Waals surface area contributed by atoms with Gasteiger partial charge in [0, 0.05) is 50.5 Å². The van der Waals surface area contributed by atoms with Crippen molar-refractivity contribution in [3.63, 3.8) is 0 Å². The lowest BCUT2D eigenvalue weighted by atomic mass is 9.95. The number of amides is 2. The number of carbonyl (C=O) groups is 2. The van der Waals surface area contributed by atoms with Gasteiger partial charge in [-0.1, -0.05) is 0 Å². The minimum atomic E-state index is -0.0489. The lowest BCUT2D eigenvalue weighted by molar-refractivity contribution is -0.139. The van der Waals surface area contributed by atoms with Crippen molar-refractivity contribution in [1.82, 2.24) is 14.8 Å². The quantitative estimate of drug-likeness (QED) is 0.631. The molecule has 3 aliphatic rings. The second kappa shape index (κ2) is 10.2. The topological polar surface area (TPSA) is 84.4 Å². The highest BCUT2D eigenvalue weighted by atomic mass is 16.5. The minimum absolute atomic E-state index is 0.00429. The fraction of sp³-hybridized carbons (Fsp3) is 0.519. The molecule has 9 nitrogen and oxygen atoms in total. The Kier molecular flexibility index (Phi) is 6.89. The summed E-state index contributed by atoms with van der Waals surface area (Å²) in [7, 11) is 1.62. The van der Waals surface area contributed by atoms with Crippen molar-refractivity contribution in [3.8, 4) is 17.4 Å². The van der Waals surface area contributed by atoms with Crippen LogP contribution in [0.5, 0.6) is 17.4 Å². The summed E-state index contributed by atoms with van der Waals surface area (Å²) >= 11 is 0. The Bertz CT molecular complexity index is 1130. The van der Waals surface area contributed by atoms with Crippen molar-refractivity contribution in [2.45, 2.75) is 39.2 Å². The molecule has 0 radical (unpaired) electrons. The average molecular weight is 495 g/mol. The summed E-state index contributed by atoms with van der Waals surface area (Å²) in [6, 6.07) is 7.95. The molecule has 2 aromatic rings. The van der Waals surface area contributed by atoms with E-state index in [0.29, 0.717) is 45.2 Å². The number of hydrogen-bond acceptors (Lipinski definition) is 7. The van der Waals surface area contributed by atoms with Crippen LogP contribution in [0.1, 0.15) is 31.7 Å². The number of fused-ring (bicyclic) bond motifs is 1. The summed E-state index contributed by atoms with van der Waals surface area (Å²) in [6.45, 7) is 7.48. The molecule has 0 unspecified atom stereocenters. The van der Waals surface area contributed by atoms with Crippen LogP contribution >= 0.6 is 0 Å². The highest BCUT2D eigenvalue weighted by Gasteiger charge is 2.34. The molecule has 0 saturated carbocycles. The van der Waals surface area contributed by atoms with E-state index < -0.39 is 0 Å². The van der Waals surface area contributed by atoms with Crippen LogP contribution in [0.2, 0.25) is 0 Å². The fourth-order valence-electron chi connectivity index (χ4n) is 5.36. The molecule has 4 heterocycles. The maximum absolute atomic E-state index is 13.1. The number of hydrogen-bond donors (Lipinski definition) is 0. The van der Waals surface area contributed by atoms with Gasteiger partial charge < -0.3 is 28.9 Å². The Balaban J connectivity index is 1.23. The number of methoxy groups -OCH3 is 1. The second-order valence-electron chi connectivity index (χ2n) is 9.74. The number of nitrogens with zero attached hydrogens (tertiary/aromatic N) is 4. The normalized spacial score (nSPS) is 20.1. The maximum Gasteiger partial charge on any atom is 0.225 e. The van der Waals surface area contributed by atoms with Crippen molar-refractivity contribution in [3.05, 3.63) is 36.0 Å². The molecule has 192 valence electrons. The SMILES string of the molecule is COc1ncc(N2CCOc3ccc(O[C@H]4CCN(C(=O)C5CCN(C(C)=O)CC5)C4)cc32)cc1C. The van der Waals surface area contributed by atoms with Gasteiger partial charge in [-0.15, -0.1) is 0 Å². The number of rotatable bonds is 5. The Hall–Kier alpha value is -3.49. The van der Waals surface area contributed by atoms with E-state index in [4.69, 9.17) is 14.2 Å². The highest BCUT2D eigenvalue weighted by molar-refractivity contribution is 5.80. The summed E-state index contributed by atoms with van der Waals surface area (Å²) in [4.78, 5) is 35.0. The monoisotopic (exact) mass is 494 g/mol. The first-order valence-corrected chi connectivity index (χ1v) is 12.7. The number of aryl methyl sites for hydroxylation is 1. The molecule has 0 N–H and O–H groups in total. The van der Waals surface area contributed by atoms with Gasteiger partial charge in [0.05, 0.1) is 37.8 Å². The number of piperidine rings is 1. The molecule has 0 spiro atoms. The smallest absolute Gasteiger partial charge is 0.225 e.